The summed E-state index contributed by atoms with van der Waals surface area (Å²) < 4.78 is 1.71. The number of carboxylic acid groups (broad SMARTS) is 1. The van der Waals surface area contributed by atoms with E-state index in [-0.39, 0.29) is 11.3 Å². The summed E-state index contributed by atoms with van der Waals surface area (Å²) >= 11 is 4.59. The van der Waals surface area contributed by atoms with Gasteiger partial charge in [-0.05, 0) is 17.7 Å². The van der Waals surface area contributed by atoms with E-state index >= 15 is 0 Å². The first-order chi connectivity index (χ1) is 12.0. The highest BCUT2D eigenvalue weighted by molar-refractivity contribution is 9.10. The van der Waals surface area contributed by atoms with Gasteiger partial charge >= 0.3 is 5.97 Å². The van der Waals surface area contributed by atoms with Crippen LogP contribution in [0.15, 0.2) is 58.6 Å². The molecule has 2 aromatic heterocycles. The van der Waals surface area contributed by atoms with E-state index in [4.69, 9.17) is 0 Å². The molecule has 126 valence electrons. The fraction of sp³-hybridized carbons (Fsp3) is 0. The number of nitrogens with one attached hydrogen (secondary N) is 1. The predicted octanol–water partition coefficient (Wildman–Crippen LogP) is 3.65. The van der Waals surface area contributed by atoms with Crippen LogP contribution in [0, 0.1) is 0 Å². The Labute approximate surface area is 155 Å². The Morgan fingerprint density at radius 3 is 2.32 bits per heavy atom. The molecule has 0 spiro atoms. The molecule has 1 aromatic carbocycles. The second-order valence-corrected chi connectivity index (χ2v) is 6.88. The van der Waals surface area contributed by atoms with Crippen LogP contribution in [0.25, 0.3) is 10.4 Å². The number of pyridine rings is 1. The number of aromatic nitrogens is 1. The number of halogens is 1. The van der Waals surface area contributed by atoms with Crippen molar-refractivity contribution >= 4 is 44.8 Å². The van der Waals surface area contributed by atoms with E-state index in [1.165, 1.54) is 35.9 Å². The summed E-state index contributed by atoms with van der Waals surface area (Å²) in [6, 6.07) is 10.1. The number of nitrogens with zero attached hydrogens (tertiary/aromatic N) is 1. The quantitative estimate of drug-likeness (QED) is 0.444. The lowest BCUT2D eigenvalue weighted by molar-refractivity contribution is -0.904. The Hall–Kier alpha value is -2.71. The van der Waals surface area contributed by atoms with Crippen LogP contribution < -0.4 is 10.0 Å². The molecule has 3 aromatic rings. The number of hydrogen-bond acceptors (Lipinski definition) is 4. The van der Waals surface area contributed by atoms with Crippen LogP contribution in [0.2, 0.25) is 0 Å². The van der Waals surface area contributed by atoms with Crippen molar-refractivity contribution in [2.24, 2.45) is 0 Å². The number of carboxylic acids is 1. The number of thiophene rings is 1. The minimum atomic E-state index is -1.12. The number of carbonyl (C=O) groups is 2. The first-order valence-corrected chi connectivity index (χ1v) is 8.75. The maximum atomic E-state index is 12.3. The van der Waals surface area contributed by atoms with Crippen LogP contribution in [0.1, 0.15) is 20.7 Å². The molecule has 3 N–H and O–H groups in total. The minimum absolute atomic E-state index is 0.0498. The van der Waals surface area contributed by atoms with Gasteiger partial charge in [-0.2, -0.15) is 0 Å². The van der Waals surface area contributed by atoms with Gasteiger partial charge in [-0.15, -0.1) is 11.3 Å². The summed E-state index contributed by atoms with van der Waals surface area (Å²) in [6.45, 7) is 0. The second kappa shape index (κ2) is 7.04. The molecule has 0 bridgehead atoms. The number of aromatic carboxylic acids is 1. The second-order valence-electron chi connectivity index (χ2n) is 5.09. The van der Waals surface area contributed by atoms with E-state index in [1.807, 2.05) is 24.3 Å². The summed E-state index contributed by atoms with van der Waals surface area (Å²) in [5.74, 6) is -1.57. The number of amides is 1. The highest BCUT2D eigenvalue weighted by atomic mass is 79.9. The Morgan fingerprint density at radius 1 is 1.08 bits per heavy atom. The third kappa shape index (κ3) is 3.70. The molecule has 0 saturated carbocycles. The van der Waals surface area contributed by atoms with Gasteiger partial charge in [0, 0.05) is 26.7 Å². The third-order valence-corrected chi connectivity index (χ3v) is 4.99. The highest BCUT2D eigenvalue weighted by Crippen LogP contribution is 2.36. The summed E-state index contributed by atoms with van der Waals surface area (Å²) in [5, 5.41) is 23.0. The van der Waals surface area contributed by atoms with E-state index in [1.54, 1.807) is 5.38 Å². The number of anilines is 1. The normalized spacial score (nSPS) is 10.4. The Balaban J connectivity index is 1.94. The van der Waals surface area contributed by atoms with Gasteiger partial charge in [0.05, 0.1) is 16.1 Å². The zero-order chi connectivity index (χ0) is 18.0. The summed E-state index contributed by atoms with van der Waals surface area (Å²) in [4.78, 5) is 24.6. The molecule has 1 amide bonds. The van der Waals surface area contributed by atoms with Crippen LogP contribution in [0.4, 0.5) is 5.69 Å². The van der Waals surface area contributed by atoms with Gasteiger partial charge in [0.15, 0.2) is 0 Å². The highest BCUT2D eigenvalue weighted by Gasteiger charge is 2.21. The van der Waals surface area contributed by atoms with Crippen molar-refractivity contribution in [3.05, 3.63) is 69.8 Å². The van der Waals surface area contributed by atoms with Crippen LogP contribution in [0.5, 0.6) is 0 Å². The van der Waals surface area contributed by atoms with Gasteiger partial charge in [-0.25, -0.2) is 4.79 Å². The smallest absolute Gasteiger partial charge is 0.339 e. The summed E-state index contributed by atoms with van der Waals surface area (Å²) in [5.41, 5.74) is 1.35. The number of rotatable bonds is 4. The summed E-state index contributed by atoms with van der Waals surface area (Å²) in [6.07, 6.45) is 2.63. The molecular weight excluding hydrogens is 408 g/mol. The molecule has 0 fully saturated rings. The fourth-order valence-corrected chi connectivity index (χ4v) is 3.50. The topological polar surface area (TPSA) is 90.5 Å². The van der Waals surface area contributed by atoms with Gasteiger partial charge in [0.25, 0.3) is 5.91 Å². The van der Waals surface area contributed by atoms with Crippen molar-refractivity contribution in [1.29, 1.82) is 0 Å². The predicted molar refractivity (Wildman–Crippen MR) is 96.2 cm³/mol. The molecule has 6 nitrogen and oxygen atoms in total. The number of carbonyl (C=O) groups excluding carboxylic acids is 1. The fourth-order valence-electron chi connectivity index (χ4n) is 2.24. The van der Waals surface area contributed by atoms with Crippen molar-refractivity contribution < 1.29 is 24.6 Å². The molecule has 8 heteroatoms. The minimum Gasteiger partial charge on any atom is -0.478 e. The SMILES string of the molecule is O=C(Nc1csc(-c2ccc(Br)cc2)c1C(=O)O)c1cc[n+](O)cc1. The molecule has 0 unspecified atom stereocenters. The molecule has 0 radical (unpaired) electrons. The Kier molecular flexibility index (Phi) is 4.82. The van der Waals surface area contributed by atoms with E-state index in [9.17, 15) is 19.9 Å². The molecular formula is C17H12BrN2O4S+. The molecule has 25 heavy (non-hydrogen) atoms. The third-order valence-electron chi connectivity index (χ3n) is 3.44. The molecule has 0 aliphatic carbocycles. The van der Waals surface area contributed by atoms with E-state index < -0.39 is 11.9 Å². The number of hydrogen-bond donors (Lipinski definition) is 3. The lowest BCUT2D eigenvalue weighted by Crippen LogP contribution is -2.28. The lowest BCUT2D eigenvalue weighted by Gasteiger charge is -2.06. The van der Waals surface area contributed by atoms with E-state index in [0.29, 0.717) is 10.4 Å². The molecule has 3 rings (SSSR count). The van der Waals surface area contributed by atoms with Crippen LogP contribution in [0.3, 0.4) is 0 Å². The van der Waals surface area contributed by atoms with Crippen molar-refractivity contribution in [3.63, 3.8) is 0 Å². The molecule has 0 aliphatic heterocycles. The lowest BCUT2D eigenvalue weighted by atomic mass is 10.1. The van der Waals surface area contributed by atoms with Gasteiger partial charge in [-0.3, -0.25) is 10.0 Å². The standard InChI is InChI=1S/C17H11BrN2O4S/c18-12-3-1-10(2-4-12)15-14(17(22)23)13(9-25-15)19-16(21)11-5-7-20(24)8-6-11/h1-9H,(H2-,19,21,22,23,24)/p+1. The van der Waals surface area contributed by atoms with Crippen molar-refractivity contribution in [1.82, 2.24) is 0 Å². The Morgan fingerprint density at radius 2 is 1.72 bits per heavy atom. The molecule has 0 aliphatic rings. The number of benzene rings is 1. The molecule has 2 heterocycles. The Bertz CT molecular complexity index is 936. The average molecular weight is 420 g/mol. The van der Waals surface area contributed by atoms with E-state index in [2.05, 4.69) is 21.2 Å². The molecule has 0 atom stereocenters. The van der Waals surface area contributed by atoms with Gasteiger partial charge in [0.1, 0.15) is 5.56 Å². The largest absolute Gasteiger partial charge is 0.478 e. The zero-order valence-electron chi connectivity index (χ0n) is 12.6. The zero-order valence-corrected chi connectivity index (χ0v) is 15.0. The summed E-state index contributed by atoms with van der Waals surface area (Å²) in [7, 11) is 0. The first kappa shape index (κ1) is 17.1. The van der Waals surface area contributed by atoms with Gasteiger partial charge in [-0.1, -0.05) is 28.1 Å². The van der Waals surface area contributed by atoms with Crippen molar-refractivity contribution in [2.45, 2.75) is 0 Å². The monoisotopic (exact) mass is 419 g/mol. The van der Waals surface area contributed by atoms with Crippen LogP contribution in [-0.4, -0.2) is 22.2 Å². The van der Waals surface area contributed by atoms with E-state index in [0.717, 1.165) is 14.8 Å². The average Bonchev–Trinajstić information content (AvgIpc) is 3.00. The maximum absolute atomic E-state index is 12.3. The molecule has 0 saturated heterocycles. The van der Waals surface area contributed by atoms with Gasteiger partial charge < -0.3 is 10.4 Å². The van der Waals surface area contributed by atoms with Gasteiger partial charge in [0.2, 0.25) is 12.4 Å². The van der Waals surface area contributed by atoms with Crippen LogP contribution >= 0.6 is 27.3 Å². The van der Waals surface area contributed by atoms with Crippen molar-refractivity contribution in [2.75, 3.05) is 5.32 Å². The maximum Gasteiger partial charge on any atom is 0.339 e. The first-order valence-electron chi connectivity index (χ1n) is 7.08. The van der Waals surface area contributed by atoms with Crippen LogP contribution in [-0.2, 0) is 0 Å². The van der Waals surface area contributed by atoms with Crippen molar-refractivity contribution in [3.8, 4) is 10.4 Å².